The Morgan fingerprint density at radius 3 is 2.36 bits per heavy atom. The summed E-state index contributed by atoms with van der Waals surface area (Å²) in [4.78, 5) is 13.5. The molecule has 3 aromatic rings. The maximum absolute atomic E-state index is 11.5. The number of aliphatic hydroxyl groups is 1. The minimum atomic E-state index is -0.137. The third-order valence-corrected chi connectivity index (χ3v) is 4.72. The van der Waals surface area contributed by atoms with Crippen molar-refractivity contribution in [1.29, 1.82) is 0 Å². The van der Waals surface area contributed by atoms with Gasteiger partial charge in [-0.15, -0.1) is 0 Å². The lowest BCUT2D eigenvalue weighted by Gasteiger charge is -2.30. The number of aromatic amines is 1. The second kappa shape index (κ2) is 8.00. The van der Waals surface area contributed by atoms with Crippen LogP contribution in [0.3, 0.4) is 0 Å². The quantitative estimate of drug-likeness (QED) is 0.668. The van der Waals surface area contributed by atoms with Crippen molar-refractivity contribution in [3.63, 3.8) is 0 Å². The zero-order chi connectivity index (χ0) is 17.6. The van der Waals surface area contributed by atoms with E-state index in [0.717, 1.165) is 28.6 Å². The van der Waals surface area contributed by atoms with Gasteiger partial charge in [-0.05, 0) is 54.4 Å². The molecule has 0 unspecified atom stereocenters. The monoisotopic (exact) mass is 356 g/mol. The van der Waals surface area contributed by atoms with Gasteiger partial charge in [0.05, 0.1) is 12.6 Å². The van der Waals surface area contributed by atoms with Crippen LogP contribution in [0.25, 0.3) is 0 Å². The Kier molecular flexibility index (Phi) is 5.53. The van der Waals surface area contributed by atoms with E-state index in [2.05, 4.69) is 4.37 Å². The summed E-state index contributed by atoms with van der Waals surface area (Å²) in [5, 5.41) is 10.5. The molecule has 0 aliphatic heterocycles. The van der Waals surface area contributed by atoms with Gasteiger partial charge in [-0.2, -0.15) is 0 Å². The standard InChI is InChI=1S/C19H20N2O3S/c1-2-14(13-22)21(19-12-18(23)20-25-19)15-8-10-17(11-9-15)24-16-6-4-3-5-7-16/h3-12,14,22H,2,13H2,1H3,(H,20,23)/t14-/m1/s1. The first-order chi connectivity index (χ1) is 12.2. The van der Waals surface area contributed by atoms with Gasteiger partial charge in [0.25, 0.3) is 5.56 Å². The van der Waals surface area contributed by atoms with Crippen LogP contribution in [0, 0.1) is 0 Å². The molecule has 1 heterocycles. The lowest BCUT2D eigenvalue weighted by Crippen LogP contribution is -2.33. The van der Waals surface area contributed by atoms with Gasteiger partial charge in [0.15, 0.2) is 0 Å². The van der Waals surface area contributed by atoms with Gasteiger partial charge in [-0.25, -0.2) is 0 Å². The second-order valence-corrected chi connectivity index (χ2v) is 6.40. The Labute approximate surface area is 150 Å². The van der Waals surface area contributed by atoms with Gasteiger partial charge in [-0.3, -0.25) is 9.17 Å². The summed E-state index contributed by atoms with van der Waals surface area (Å²) in [5.41, 5.74) is 0.762. The van der Waals surface area contributed by atoms with Crippen molar-refractivity contribution in [2.24, 2.45) is 0 Å². The molecule has 0 fully saturated rings. The van der Waals surface area contributed by atoms with E-state index in [-0.39, 0.29) is 18.2 Å². The molecule has 0 saturated heterocycles. The van der Waals surface area contributed by atoms with Crippen molar-refractivity contribution in [2.45, 2.75) is 19.4 Å². The minimum absolute atomic E-state index is 0.00482. The summed E-state index contributed by atoms with van der Waals surface area (Å²) in [6.07, 6.45) is 0.755. The van der Waals surface area contributed by atoms with E-state index in [9.17, 15) is 9.90 Å². The second-order valence-electron chi connectivity index (χ2n) is 5.57. The molecule has 130 valence electrons. The Morgan fingerprint density at radius 1 is 1.12 bits per heavy atom. The minimum Gasteiger partial charge on any atom is -0.457 e. The Hall–Kier alpha value is -2.57. The highest BCUT2D eigenvalue weighted by Gasteiger charge is 2.20. The summed E-state index contributed by atoms with van der Waals surface area (Å²) in [5.74, 6) is 1.51. The number of hydrogen-bond acceptors (Lipinski definition) is 5. The van der Waals surface area contributed by atoms with E-state index in [0.29, 0.717) is 0 Å². The Bertz CT molecular complexity index is 839. The van der Waals surface area contributed by atoms with Crippen LogP contribution in [0.5, 0.6) is 11.5 Å². The van der Waals surface area contributed by atoms with E-state index in [1.807, 2.05) is 66.4 Å². The number of anilines is 2. The van der Waals surface area contributed by atoms with E-state index in [1.54, 1.807) is 6.07 Å². The van der Waals surface area contributed by atoms with Crippen LogP contribution in [0.2, 0.25) is 0 Å². The van der Waals surface area contributed by atoms with Crippen molar-refractivity contribution in [3.05, 3.63) is 71.0 Å². The molecule has 2 N–H and O–H groups in total. The number of hydrogen-bond donors (Lipinski definition) is 2. The number of aromatic nitrogens is 1. The molecule has 0 aliphatic rings. The number of nitrogens with one attached hydrogen (secondary N) is 1. The molecule has 1 aromatic heterocycles. The zero-order valence-electron chi connectivity index (χ0n) is 13.9. The van der Waals surface area contributed by atoms with Crippen molar-refractivity contribution in [2.75, 3.05) is 11.5 Å². The SMILES string of the molecule is CC[C@H](CO)N(c1ccc(Oc2ccccc2)cc1)c1cc(=O)[nH]s1. The van der Waals surface area contributed by atoms with Crippen LogP contribution in [-0.2, 0) is 0 Å². The lowest BCUT2D eigenvalue weighted by molar-refractivity contribution is 0.262. The highest BCUT2D eigenvalue weighted by molar-refractivity contribution is 7.10. The van der Waals surface area contributed by atoms with Gasteiger partial charge in [-0.1, -0.05) is 25.1 Å². The van der Waals surface area contributed by atoms with Crippen molar-refractivity contribution in [1.82, 2.24) is 4.37 Å². The highest BCUT2D eigenvalue weighted by Crippen LogP contribution is 2.32. The largest absolute Gasteiger partial charge is 0.457 e. The fraction of sp³-hybridized carbons (Fsp3) is 0.211. The van der Waals surface area contributed by atoms with E-state index >= 15 is 0 Å². The molecule has 1 atom stereocenters. The molecule has 0 bridgehead atoms. The predicted octanol–water partition coefficient (Wildman–Crippen LogP) is 4.14. The lowest BCUT2D eigenvalue weighted by atomic mass is 10.1. The number of aliphatic hydroxyl groups excluding tert-OH is 1. The third-order valence-electron chi connectivity index (χ3n) is 3.89. The predicted molar refractivity (Wildman–Crippen MR) is 101 cm³/mol. The third kappa shape index (κ3) is 4.10. The van der Waals surface area contributed by atoms with Gasteiger partial charge in [0.1, 0.15) is 16.5 Å². The van der Waals surface area contributed by atoms with Gasteiger partial charge >= 0.3 is 0 Å². The first-order valence-corrected chi connectivity index (χ1v) is 8.94. The molecule has 0 amide bonds. The van der Waals surface area contributed by atoms with Crippen LogP contribution in [0.4, 0.5) is 10.7 Å². The molecular weight excluding hydrogens is 336 g/mol. The average Bonchev–Trinajstić information content (AvgIpc) is 3.07. The smallest absolute Gasteiger partial charge is 0.260 e. The molecule has 5 nitrogen and oxygen atoms in total. The van der Waals surface area contributed by atoms with Crippen LogP contribution in [-0.4, -0.2) is 22.1 Å². The number of H-pyrrole nitrogens is 1. The number of benzene rings is 2. The molecule has 0 spiro atoms. The maximum atomic E-state index is 11.5. The molecular formula is C19H20N2O3S. The number of rotatable bonds is 7. The molecule has 3 rings (SSSR count). The van der Waals surface area contributed by atoms with E-state index in [1.165, 1.54) is 11.5 Å². The van der Waals surface area contributed by atoms with Gasteiger partial charge in [0, 0.05) is 11.8 Å². The van der Waals surface area contributed by atoms with Crippen LogP contribution in [0.15, 0.2) is 65.5 Å². The Balaban J connectivity index is 1.87. The Morgan fingerprint density at radius 2 is 1.80 bits per heavy atom. The van der Waals surface area contributed by atoms with E-state index < -0.39 is 0 Å². The van der Waals surface area contributed by atoms with Crippen molar-refractivity contribution < 1.29 is 9.84 Å². The summed E-state index contributed by atoms with van der Waals surface area (Å²) in [6, 6.07) is 18.7. The molecule has 0 saturated carbocycles. The van der Waals surface area contributed by atoms with E-state index in [4.69, 9.17) is 4.74 Å². The molecule has 0 aliphatic carbocycles. The van der Waals surface area contributed by atoms with Crippen molar-refractivity contribution >= 4 is 22.2 Å². The molecule has 2 aromatic carbocycles. The van der Waals surface area contributed by atoms with Gasteiger partial charge < -0.3 is 14.7 Å². The molecule has 0 radical (unpaired) electrons. The van der Waals surface area contributed by atoms with Crippen LogP contribution >= 0.6 is 11.5 Å². The summed E-state index contributed by atoms with van der Waals surface area (Å²) < 4.78 is 8.52. The van der Waals surface area contributed by atoms with Crippen LogP contribution in [0.1, 0.15) is 13.3 Å². The summed E-state index contributed by atoms with van der Waals surface area (Å²) in [7, 11) is 0. The number of nitrogens with zero attached hydrogens (tertiary/aromatic N) is 1. The summed E-state index contributed by atoms with van der Waals surface area (Å²) >= 11 is 1.26. The highest BCUT2D eigenvalue weighted by atomic mass is 32.1. The fourth-order valence-electron chi connectivity index (χ4n) is 2.60. The first kappa shape index (κ1) is 17.3. The number of para-hydroxylation sites is 1. The molecule has 25 heavy (non-hydrogen) atoms. The maximum Gasteiger partial charge on any atom is 0.260 e. The fourth-order valence-corrected chi connectivity index (χ4v) is 3.39. The number of ether oxygens (including phenoxy) is 1. The van der Waals surface area contributed by atoms with Gasteiger partial charge in [0.2, 0.25) is 0 Å². The zero-order valence-corrected chi connectivity index (χ0v) is 14.7. The van der Waals surface area contributed by atoms with Crippen molar-refractivity contribution in [3.8, 4) is 11.5 Å². The normalized spacial score (nSPS) is 11.9. The molecule has 6 heteroatoms. The van der Waals surface area contributed by atoms with Crippen LogP contribution < -0.4 is 15.2 Å². The first-order valence-electron chi connectivity index (χ1n) is 8.13. The summed E-state index contributed by atoms with van der Waals surface area (Å²) in [6.45, 7) is 2.01. The topological polar surface area (TPSA) is 65.6 Å². The average molecular weight is 356 g/mol.